The number of hydrogen-bond acceptors (Lipinski definition) is 3. The van der Waals surface area contributed by atoms with Gasteiger partial charge < -0.3 is 20.4 Å². The first-order chi connectivity index (χ1) is 7.97. The van der Waals surface area contributed by atoms with Crippen molar-refractivity contribution in [2.24, 2.45) is 0 Å². The third-order valence-corrected chi connectivity index (χ3v) is 2.60. The van der Waals surface area contributed by atoms with Crippen molar-refractivity contribution in [3.05, 3.63) is 12.7 Å². The quantitative estimate of drug-likeness (QED) is 0.580. The minimum atomic E-state index is -1.28. The van der Waals surface area contributed by atoms with Crippen LogP contribution in [0.25, 0.3) is 0 Å². The van der Waals surface area contributed by atoms with E-state index in [1.807, 2.05) is 0 Å². The lowest BCUT2D eigenvalue weighted by atomic mass is 10.2. The standard InChI is InChI=1S/C11H18N2O4/c1-3-6-13(8-4-5-8)11(17)12-9(7(2)14)10(15)16/h3,7-9,14H,1,4-6H2,2H3,(H,12,17)(H,15,16)/t7-,9+/m1/s1. The van der Waals surface area contributed by atoms with Crippen LogP contribution in [-0.2, 0) is 4.79 Å². The second-order valence-electron chi connectivity index (χ2n) is 4.18. The Kier molecular flexibility index (Phi) is 4.51. The van der Waals surface area contributed by atoms with E-state index in [2.05, 4.69) is 11.9 Å². The van der Waals surface area contributed by atoms with Gasteiger partial charge in [0, 0.05) is 12.6 Å². The van der Waals surface area contributed by atoms with Gasteiger partial charge in [0.1, 0.15) is 0 Å². The maximum atomic E-state index is 11.8. The number of carbonyl (C=O) groups excluding carboxylic acids is 1. The smallest absolute Gasteiger partial charge is 0.328 e. The normalized spacial score (nSPS) is 18.0. The first kappa shape index (κ1) is 13.5. The molecule has 17 heavy (non-hydrogen) atoms. The molecule has 0 radical (unpaired) electrons. The number of hydrogen-bond donors (Lipinski definition) is 3. The number of carboxylic acids is 1. The van der Waals surface area contributed by atoms with Crippen LogP contribution in [0, 0.1) is 0 Å². The maximum Gasteiger partial charge on any atom is 0.328 e. The Labute approximate surface area is 99.9 Å². The van der Waals surface area contributed by atoms with Crippen LogP contribution in [0.15, 0.2) is 12.7 Å². The summed E-state index contributed by atoms with van der Waals surface area (Å²) < 4.78 is 0. The van der Waals surface area contributed by atoms with Gasteiger partial charge in [-0.25, -0.2) is 9.59 Å². The SMILES string of the molecule is C=CCN(C(=O)N[C@H](C(=O)O)[C@@H](C)O)C1CC1. The molecule has 0 aromatic rings. The Balaban J connectivity index is 2.60. The van der Waals surface area contributed by atoms with Crippen molar-refractivity contribution >= 4 is 12.0 Å². The number of aliphatic hydroxyl groups excluding tert-OH is 1. The zero-order chi connectivity index (χ0) is 13.0. The molecule has 3 N–H and O–H groups in total. The zero-order valence-corrected chi connectivity index (χ0v) is 9.80. The molecule has 1 aliphatic carbocycles. The Morgan fingerprint density at radius 2 is 2.18 bits per heavy atom. The molecule has 1 saturated carbocycles. The molecule has 0 heterocycles. The summed E-state index contributed by atoms with van der Waals surface area (Å²) in [7, 11) is 0. The molecule has 0 aliphatic heterocycles. The third-order valence-electron chi connectivity index (χ3n) is 2.60. The molecule has 96 valence electrons. The van der Waals surface area contributed by atoms with Gasteiger partial charge >= 0.3 is 12.0 Å². The van der Waals surface area contributed by atoms with Crippen molar-refractivity contribution in [2.75, 3.05) is 6.54 Å². The van der Waals surface area contributed by atoms with Crippen LogP contribution in [0.2, 0.25) is 0 Å². The van der Waals surface area contributed by atoms with Crippen molar-refractivity contribution in [1.82, 2.24) is 10.2 Å². The van der Waals surface area contributed by atoms with Crippen molar-refractivity contribution in [3.63, 3.8) is 0 Å². The summed E-state index contributed by atoms with van der Waals surface area (Å²) in [6, 6.07) is -1.59. The van der Waals surface area contributed by atoms with Gasteiger partial charge in [-0.15, -0.1) is 6.58 Å². The molecule has 2 amide bonds. The van der Waals surface area contributed by atoms with E-state index in [-0.39, 0.29) is 6.04 Å². The lowest BCUT2D eigenvalue weighted by Gasteiger charge is -2.24. The molecule has 6 nitrogen and oxygen atoms in total. The summed E-state index contributed by atoms with van der Waals surface area (Å²) in [6.07, 6.45) is 2.30. The maximum absolute atomic E-state index is 11.8. The predicted molar refractivity (Wildman–Crippen MR) is 61.6 cm³/mol. The summed E-state index contributed by atoms with van der Waals surface area (Å²) in [5.74, 6) is -1.25. The molecule has 1 rings (SSSR count). The minimum absolute atomic E-state index is 0.163. The van der Waals surface area contributed by atoms with Gasteiger partial charge in [-0.05, 0) is 19.8 Å². The highest BCUT2D eigenvalue weighted by Gasteiger charge is 2.34. The van der Waals surface area contributed by atoms with Crippen LogP contribution in [0.3, 0.4) is 0 Å². The zero-order valence-electron chi connectivity index (χ0n) is 9.80. The third kappa shape index (κ3) is 3.74. The average molecular weight is 242 g/mol. The number of nitrogens with one attached hydrogen (secondary N) is 1. The molecular formula is C11H18N2O4. The number of urea groups is 1. The molecular weight excluding hydrogens is 224 g/mol. The first-order valence-electron chi connectivity index (χ1n) is 5.56. The van der Waals surface area contributed by atoms with Crippen molar-refractivity contribution in [3.8, 4) is 0 Å². The van der Waals surface area contributed by atoms with Crippen LogP contribution >= 0.6 is 0 Å². The van der Waals surface area contributed by atoms with Gasteiger partial charge in [0.15, 0.2) is 6.04 Å². The number of amides is 2. The van der Waals surface area contributed by atoms with E-state index in [9.17, 15) is 14.7 Å². The van der Waals surface area contributed by atoms with Gasteiger partial charge in [-0.3, -0.25) is 0 Å². The second-order valence-corrected chi connectivity index (χ2v) is 4.18. The Bertz CT molecular complexity index is 313. The Morgan fingerprint density at radius 3 is 2.53 bits per heavy atom. The molecule has 0 aromatic heterocycles. The van der Waals surface area contributed by atoms with Crippen LogP contribution in [0.1, 0.15) is 19.8 Å². The molecule has 0 aromatic carbocycles. The molecule has 1 aliphatic rings. The van der Waals surface area contributed by atoms with Gasteiger partial charge in [-0.2, -0.15) is 0 Å². The number of carbonyl (C=O) groups is 2. The van der Waals surface area contributed by atoms with E-state index in [1.54, 1.807) is 6.08 Å². The highest BCUT2D eigenvalue weighted by Crippen LogP contribution is 2.26. The fraction of sp³-hybridized carbons (Fsp3) is 0.636. The molecule has 1 fully saturated rings. The van der Waals surface area contributed by atoms with Gasteiger partial charge in [0.05, 0.1) is 6.10 Å². The average Bonchev–Trinajstić information content (AvgIpc) is 3.04. The lowest BCUT2D eigenvalue weighted by Crippen LogP contribution is -2.52. The number of nitrogens with zero attached hydrogens (tertiary/aromatic N) is 1. The van der Waals surface area contributed by atoms with E-state index in [1.165, 1.54) is 11.8 Å². The van der Waals surface area contributed by atoms with E-state index in [0.717, 1.165) is 12.8 Å². The first-order valence-corrected chi connectivity index (χ1v) is 5.56. The number of aliphatic hydroxyl groups is 1. The van der Waals surface area contributed by atoms with Gasteiger partial charge in [0.25, 0.3) is 0 Å². The highest BCUT2D eigenvalue weighted by molar-refractivity contribution is 5.83. The molecule has 6 heteroatoms. The lowest BCUT2D eigenvalue weighted by molar-refractivity contribution is -0.141. The monoisotopic (exact) mass is 242 g/mol. The van der Waals surface area contributed by atoms with E-state index in [4.69, 9.17) is 5.11 Å². The van der Waals surface area contributed by atoms with E-state index in [0.29, 0.717) is 6.54 Å². The molecule has 0 spiro atoms. The summed E-state index contributed by atoms with van der Waals surface area (Å²) >= 11 is 0. The van der Waals surface area contributed by atoms with Crippen molar-refractivity contribution in [1.29, 1.82) is 0 Å². The minimum Gasteiger partial charge on any atom is -0.480 e. The van der Waals surface area contributed by atoms with Crippen molar-refractivity contribution < 1.29 is 19.8 Å². The van der Waals surface area contributed by atoms with Crippen LogP contribution in [0.4, 0.5) is 4.79 Å². The summed E-state index contributed by atoms with van der Waals surface area (Å²) in [5.41, 5.74) is 0. The summed E-state index contributed by atoms with van der Waals surface area (Å²) in [5, 5.41) is 20.4. The molecule has 0 saturated heterocycles. The number of rotatable bonds is 6. The van der Waals surface area contributed by atoms with E-state index >= 15 is 0 Å². The van der Waals surface area contributed by atoms with Crippen molar-refractivity contribution in [2.45, 2.75) is 38.0 Å². The predicted octanol–water partition coefficient (Wildman–Crippen LogP) is 0.180. The van der Waals surface area contributed by atoms with E-state index < -0.39 is 24.1 Å². The number of aliphatic carboxylic acids is 1. The highest BCUT2D eigenvalue weighted by atomic mass is 16.4. The molecule has 0 unspecified atom stereocenters. The van der Waals surface area contributed by atoms with Crippen LogP contribution < -0.4 is 5.32 Å². The van der Waals surface area contributed by atoms with Gasteiger partial charge in [0.2, 0.25) is 0 Å². The van der Waals surface area contributed by atoms with Crippen LogP contribution in [0.5, 0.6) is 0 Å². The van der Waals surface area contributed by atoms with Gasteiger partial charge in [-0.1, -0.05) is 6.08 Å². The fourth-order valence-corrected chi connectivity index (χ4v) is 1.53. The molecule has 0 bridgehead atoms. The van der Waals surface area contributed by atoms with Crippen LogP contribution in [-0.4, -0.2) is 51.8 Å². The number of carboxylic acid groups (broad SMARTS) is 1. The Morgan fingerprint density at radius 1 is 1.59 bits per heavy atom. The fourth-order valence-electron chi connectivity index (χ4n) is 1.53. The molecule has 2 atom stereocenters. The summed E-state index contributed by atoms with van der Waals surface area (Å²) in [4.78, 5) is 24.2. The summed E-state index contributed by atoms with van der Waals surface area (Å²) in [6.45, 7) is 5.26. The topological polar surface area (TPSA) is 89.9 Å². The Hall–Kier alpha value is -1.56. The second kappa shape index (κ2) is 5.67. The largest absolute Gasteiger partial charge is 0.480 e.